The Hall–Kier alpha value is -2.68. The van der Waals surface area contributed by atoms with Crippen LogP contribution in [0.5, 0.6) is 0 Å². The summed E-state index contributed by atoms with van der Waals surface area (Å²) in [7, 11) is 2.09. The Balaban J connectivity index is 2.37. The number of pyridine rings is 1. The third-order valence-corrected chi connectivity index (χ3v) is 4.72. The molecular formula is C19H16N2O. The minimum absolute atomic E-state index is 0.711. The van der Waals surface area contributed by atoms with Crippen molar-refractivity contribution in [3.05, 3.63) is 53.3 Å². The second-order valence-electron chi connectivity index (χ2n) is 5.85. The van der Waals surface area contributed by atoms with Crippen LogP contribution < -0.4 is 0 Å². The molecule has 0 aliphatic carbocycles. The van der Waals surface area contributed by atoms with Crippen LogP contribution in [0.3, 0.4) is 0 Å². The molecule has 0 atom stereocenters. The average Bonchev–Trinajstić information content (AvgIpc) is 2.85. The van der Waals surface area contributed by atoms with Gasteiger partial charge in [0.2, 0.25) is 0 Å². The zero-order valence-electron chi connectivity index (χ0n) is 12.8. The summed E-state index contributed by atoms with van der Waals surface area (Å²) >= 11 is 0. The van der Waals surface area contributed by atoms with Crippen molar-refractivity contribution in [3.8, 4) is 0 Å². The van der Waals surface area contributed by atoms with Crippen molar-refractivity contribution in [3.63, 3.8) is 0 Å². The number of aldehydes is 1. The van der Waals surface area contributed by atoms with E-state index in [1.165, 1.54) is 32.8 Å². The first-order valence-corrected chi connectivity index (χ1v) is 7.33. The van der Waals surface area contributed by atoms with E-state index >= 15 is 0 Å². The lowest BCUT2D eigenvalue weighted by Gasteiger charge is -2.10. The molecule has 2 heterocycles. The number of fused-ring (bicyclic) bond motifs is 4. The van der Waals surface area contributed by atoms with E-state index in [0.29, 0.717) is 5.56 Å². The SMILES string of the molecule is Cc1c2cnccc2c(C)c2c1c1cc(C=O)ccc1n2C. The third-order valence-electron chi connectivity index (χ3n) is 4.72. The number of hydrogen-bond acceptors (Lipinski definition) is 2. The van der Waals surface area contributed by atoms with E-state index in [0.717, 1.165) is 17.2 Å². The van der Waals surface area contributed by atoms with Crippen LogP contribution in [0, 0.1) is 13.8 Å². The summed E-state index contributed by atoms with van der Waals surface area (Å²) in [5, 5.41) is 4.77. The normalized spacial score (nSPS) is 11.6. The van der Waals surface area contributed by atoms with E-state index in [1.54, 1.807) is 0 Å². The summed E-state index contributed by atoms with van der Waals surface area (Å²) < 4.78 is 2.22. The zero-order valence-corrected chi connectivity index (χ0v) is 12.8. The summed E-state index contributed by atoms with van der Waals surface area (Å²) in [5.74, 6) is 0. The van der Waals surface area contributed by atoms with Crippen LogP contribution in [-0.2, 0) is 7.05 Å². The topological polar surface area (TPSA) is 34.9 Å². The molecule has 0 radical (unpaired) electrons. The number of carbonyl (C=O) groups is 1. The van der Waals surface area contributed by atoms with Crippen LogP contribution in [-0.4, -0.2) is 15.8 Å². The van der Waals surface area contributed by atoms with Gasteiger partial charge in [0.15, 0.2) is 0 Å². The lowest BCUT2D eigenvalue weighted by atomic mass is 9.96. The van der Waals surface area contributed by atoms with Gasteiger partial charge in [-0.2, -0.15) is 0 Å². The van der Waals surface area contributed by atoms with Crippen molar-refractivity contribution in [2.45, 2.75) is 13.8 Å². The molecule has 2 aromatic heterocycles. The highest BCUT2D eigenvalue weighted by atomic mass is 16.1. The Morgan fingerprint density at radius 1 is 1.05 bits per heavy atom. The Bertz CT molecular complexity index is 1070. The van der Waals surface area contributed by atoms with Gasteiger partial charge in [-0.1, -0.05) is 0 Å². The van der Waals surface area contributed by atoms with E-state index in [2.05, 4.69) is 36.5 Å². The maximum atomic E-state index is 11.1. The van der Waals surface area contributed by atoms with Gasteiger partial charge in [-0.3, -0.25) is 9.78 Å². The van der Waals surface area contributed by atoms with Crippen LogP contribution >= 0.6 is 0 Å². The minimum atomic E-state index is 0.711. The Kier molecular flexibility index (Phi) is 2.61. The molecule has 0 amide bonds. The lowest BCUT2D eigenvalue weighted by molar-refractivity contribution is 0.112. The second-order valence-corrected chi connectivity index (χ2v) is 5.85. The standard InChI is InChI=1S/C19H16N2O/c1-11-16-9-20-7-6-14(16)12(2)19-18(11)15-8-13(10-22)4-5-17(15)21(19)3/h4-10H,1-3H3. The molecule has 0 bridgehead atoms. The quantitative estimate of drug-likeness (QED) is 0.489. The molecule has 4 aromatic rings. The number of rotatable bonds is 1. The predicted octanol–water partition coefficient (Wildman–Crippen LogP) is 4.31. The van der Waals surface area contributed by atoms with Gasteiger partial charge < -0.3 is 4.57 Å². The van der Waals surface area contributed by atoms with Crippen LogP contribution in [0.4, 0.5) is 0 Å². The maximum Gasteiger partial charge on any atom is 0.150 e. The lowest BCUT2D eigenvalue weighted by Crippen LogP contribution is -1.92. The first-order chi connectivity index (χ1) is 10.6. The van der Waals surface area contributed by atoms with Crippen molar-refractivity contribution in [1.82, 2.24) is 9.55 Å². The van der Waals surface area contributed by atoms with Crippen LogP contribution in [0.2, 0.25) is 0 Å². The van der Waals surface area contributed by atoms with Crippen molar-refractivity contribution in [2.75, 3.05) is 0 Å². The summed E-state index contributed by atoms with van der Waals surface area (Å²) in [6.45, 7) is 4.29. The number of aryl methyl sites for hydroxylation is 3. The molecule has 0 spiro atoms. The highest BCUT2D eigenvalue weighted by Gasteiger charge is 2.16. The molecule has 0 saturated carbocycles. The summed E-state index contributed by atoms with van der Waals surface area (Å²) in [4.78, 5) is 15.4. The Labute approximate surface area is 128 Å². The van der Waals surface area contributed by atoms with Gasteiger partial charge in [-0.05, 0) is 54.6 Å². The molecule has 3 nitrogen and oxygen atoms in total. The molecule has 4 rings (SSSR count). The van der Waals surface area contributed by atoms with Gasteiger partial charge in [0, 0.05) is 46.7 Å². The Morgan fingerprint density at radius 3 is 2.64 bits per heavy atom. The molecular weight excluding hydrogens is 272 g/mol. The number of carbonyl (C=O) groups excluding carboxylic acids is 1. The van der Waals surface area contributed by atoms with Gasteiger partial charge in [0.05, 0.1) is 5.52 Å². The van der Waals surface area contributed by atoms with Crippen molar-refractivity contribution >= 4 is 38.9 Å². The van der Waals surface area contributed by atoms with E-state index in [-0.39, 0.29) is 0 Å². The van der Waals surface area contributed by atoms with Crippen LogP contribution in [0.15, 0.2) is 36.7 Å². The minimum Gasteiger partial charge on any atom is -0.343 e. The molecule has 0 N–H and O–H groups in total. The largest absolute Gasteiger partial charge is 0.343 e. The number of aromatic nitrogens is 2. The molecule has 108 valence electrons. The van der Waals surface area contributed by atoms with Gasteiger partial charge >= 0.3 is 0 Å². The van der Waals surface area contributed by atoms with Crippen molar-refractivity contribution in [2.24, 2.45) is 7.05 Å². The molecule has 2 aromatic carbocycles. The smallest absolute Gasteiger partial charge is 0.150 e. The summed E-state index contributed by atoms with van der Waals surface area (Å²) in [6.07, 6.45) is 4.68. The predicted molar refractivity (Wildman–Crippen MR) is 90.6 cm³/mol. The fourth-order valence-electron chi connectivity index (χ4n) is 3.64. The third kappa shape index (κ3) is 1.51. The number of hydrogen-bond donors (Lipinski definition) is 0. The second kappa shape index (κ2) is 4.41. The first kappa shape index (κ1) is 13.0. The van der Waals surface area contributed by atoms with E-state index in [4.69, 9.17) is 0 Å². The van der Waals surface area contributed by atoms with Crippen molar-refractivity contribution in [1.29, 1.82) is 0 Å². The summed E-state index contributed by atoms with van der Waals surface area (Å²) in [5.41, 5.74) is 5.56. The van der Waals surface area contributed by atoms with Gasteiger partial charge in [-0.15, -0.1) is 0 Å². The molecule has 3 heteroatoms. The van der Waals surface area contributed by atoms with E-state index in [1.807, 2.05) is 30.6 Å². The molecule has 0 fully saturated rings. The molecule has 0 aliphatic rings. The molecule has 0 unspecified atom stereocenters. The monoisotopic (exact) mass is 288 g/mol. The van der Waals surface area contributed by atoms with Crippen LogP contribution in [0.25, 0.3) is 32.6 Å². The average molecular weight is 288 g/mol. The van der Waals surface area contributed by atoms with Gasteiger partial charge in [0.25, 0.3) is 0 Å². The number of benzene rings is 2. The fraction of sp³-hybridized carbons (Fsp3) is 0.158. The highest BCUT2D eigenvalue weighted by Crippen LogP contribution is 2.37. The highest BCUT2D eigenvalue weighted by molar-refractivity contribution is 6.17. The van der Waals surface area contributed by atoms with E-state index < -0.39 is 0 Å². The van der Waals surface area contributed by atoms with Gasteiger partial charge in [-0.25, -0.2) is 0 Å². The maximum absolute atomic E-state index is 11.1. The Morgan fingerprint density at radius 2 is 1.86 bits per heavy atom. The summed E-state index contributed by atoms with van der Waals surface area (Å²) in [6, 6.07) is 7.96. The molecule has 0 saturated heterocycles. The van der Waals surface area contributed by atoms with E-state index in [9.17, 15) is 4.79 Å². The zero-order chi connectivity index (χ0) is 15.4. The van der Waals surface area contributed by atoms with Crippen molar-refractivity contribution < 1.29 is 4.79 Å². The van der Waals surface area contributed by atoms with Crippen LogP contribution in [0.1, 0.15) is 21.5 Å². The fourth-order valence-corrected chi connectivity index (χ4v) is 3.64. The number of nitrogens with zero attached hydrogens (tertiary/aromatic N) is 2. The van der Waals surface area contributed by atoms with Gasteiger partial charge in [0.1, 0.15) is 6.29 Å². The first-order valence-electron chi connectivity index (χ1n) is 7.33. The molecule has 0 aliphatic heterocycles. The molecule has 22 heavy (non-hydrogen) atoms.